The number of nitrogens with two attached hydrogens (primary N) is 1. The fraction of sp³-hybridized carbons (Fsp3) is 1.00. The maximum Gasteiger partial charge on any atom is 0.0471 e. The quantitative estimate of drug-likeness (QED) is 0.606. The summed E-state index contributed by atoms with van der Waals surface area (Å²) in [5.41, 5.74) is 6.37. The van der Waals surface area contributed by atoms with Crippen LogP contribution in [0.1, 0.15) is 25.7 Å². The minimum atomic E-state index is 0. The molecule has 11 heavy (non-hydrogen) atoms. The van der Waals surface area contributed by atoms with Crippen molar-refractivity contribution in [1.29, 1.82) is 0 Å². The van der Waals surface area contributed by atoms with Gasteiger partial charge in [-0.3, -0.25) is 0 Å². The molecule has 1 aliphatic heterocycles. The van der Waals surface area contributed by atoms with Crippen molar-refractivity contribution < 1.29 is 4.74 Å². The number of hydrogen-bond donors (Lipinski definition) is 1. The van der Waals surface area contributed by atoms with Crippen LogP contribution in [0.4, 0.5) is 0 Å². The molecule has 2 fully saturated rings. The van der Waals surface area contributed by atoms with Gasteiger partial charge in [0.2, 0.25) is 0 Å². The van der Waals surface area contributed by atoms with Gasteiger partial charge in [-0.15, -0.1) is 12.4 Å². The maximum absolute atomic E-state index is 5.74. The lowest BCUT2D eigenvalue weighted by molar-refractivity contribution is -0.0378. The van der Waals surface area contributed by atoms with Gasteiger partial charge in [0.1, 0.15) is 0 Å². The third kappa shape index (κ3) is 1.68. The average Bonchev–Trinajstić information content (AvgIpc) is 1.87. The van der Waals surface area contributed by atoms with Crippen LogP contribution in [0.25, 0.3) is 0 Å². The SMILES string of the molecule is Cl.NC1CC2(CCOCC2)C1. The van der Waals surface area contributed by atoms with Crippen molar-refractivity contribution in [3.05, 3.63) is 0 Å². The monoisotopic (exact) mass is 177 g/mol. The Morgan fingerprint density at radius 2 is 1.73 bits per heavy atom. The van der Waals surface area contributed by atoms with Gasteiger partial charge in [-0.2, -0.15) is 0 Å². The molecule has 1 aliphatic carbocycles. The van der Waals surface area contributed by atoms with Crippen molar-refractivity contribution in [2.24, 2.45) is 11.1 Å². The molecule has 0 aromatic rings. The molecule has 2 nitrogen and oxygen atoms in total. The Hall–Kier alpha value is 0.210. The summed E-state index contributed by atoms with van der Waals surface area (Å²) in [6.45, 7) is 1.93. The Morgan fingerprint density at radius 3 is 2.18 bits per heavy atom. The van der Waals surface area contributed by atoms with Gasteiger partial charge < -0.3 is 10.5 Å². The highest BCUT2D eigenvalue weighted by Crippen LogP contribution is 2.47. The Kier molecular flexibility index (Phi) is 2.79. The van der Waals surface area contributed by atoms with Crippen LogP contribution >= 0.6 is 12.4 Å². The summed E-state index contributed by atoms with van der Waals surface area (Å²) in [7, 11) is 0. The van der Waals surface area contributed by atoms with Gasteiger partial charge in [-0.1, -0.05) is 0 Å². The summed E-state index contributed by atoms with van der Waals surface area (Å²) in [5.74, 6) is 0. The van der Waals surface area contributed by atoms with Crippen LogP contribution in [-0.2, 0) is 4.74 Å². The van der Waals surface area contributed by atoms with Crippen LogP contribution in [0, 0.1) is 5.41 Å². The molecule has 66 valence electrons. The van der Waals surface area contributed by atoms with Gasteiger partial charge in [0.05, 0.1) is 0 Å². The molecule has 0 aromatic heterocycles. The minimum absolute atomic E-state index is 0. The molecule has 0 bridgehead atoms. The minimum Gasteiger partial charge on any atom is -0.381 e. The third-order valence-corrected chi connectivity index (χ3v) is 2.94. The van der Waals surface area contributed by atoms with E-state index in [4.69, 9.17) is 10.5 Å². The molecular weight excluding hydrogens is 162 g/mol. The van der Waals surface area contributed by atoms with Crippen LogP contribution in [0.2, 0.25) is 0 Å². The fourth-order valence-electron chi connectivity index (χ4n) is 2.27. The number of hydrogen-bond acceptors (Lipinski definition) is 2. The van der Waals surface area contributed by atoms with Crippen LogP contribution < -0.4 is 5.73 Å². The fourth-order valence-corrected chi connectivity index (χ4v) is 2.27. The first-order valence-electron chi connectivity index (χ1n) is 4.14. The Bertz CT molecular complexity index is 119. The van der Waals surface area contributed by atoms with Gasteiger partial charge in [-0.05, 0) is 31.1 Å². The number of ether oxygens (including phenoxy) is 1. The van der Waals surface area contributed by atoms with Crippen molar-refractivity contribution >= 4 is 12.4 Å². The predicted molar refractivity (Wildman–Crippen MR) is 46.9 cm³/mol. The van der Waals surface area contributed by atoms with Gasteiger partial charge in [0, 0.05) is 19.3 Å². The number of rotatable bonds is 0. The second-order valence-electron chi connectivity index (χ2n) is 3.78. The van der Waals surface area contributed by atoms with Crippen LogP contribution in [-0.4, -0.2) is 19.3 Å². The molecule has 2 aliphatic rings. The van der Waals surface area contributed by atoms with E-state index in [1.807, 2.05) is 0 Å². The molecule has 0 atom stereocenters. The molecule has 2 rings (SSSR count). The van der Waals surface area contributed by atoms with Gasteiger partial charge >= 0.3 is 0 Å². The molecule has 1 saturated carbocycles. The topological polar surface area (TPSA) is 35.2 Å². The van der Waals surface area contributed by atoms with E-state index in [1.54, 1.807) is 0 Å². The summed E-state index contributed by atoms with van der Waals surface area (Å²) in [4.78, 5) is 0. The summed E-state index contributed by atoms with van der Waals surface area (Å²) < 4.78 is 5.30. The first-order chi connectivity index (χ1) is 4.81. The van der Waals surface area contributed by atoms with Crippen molar-refractivity contribution in [3.8, 4) is 0 Å². The Balaban J connectivity index is 0.000000605. The molecular formula is C8H16ClNO. The zero-order valence-corrected chi connectivity index (χ0v) is 7.53. The zero-order chi connectivity index (χ0) is 7.03. The largest absolute Gasteiger partial charge is 0.381 e. The zero-order valence-electron chi connectivity index (χ0n) is 6.71. The summed E-state index contributed by atoms with van der Waals surface area (Å²) in [5, 5.41) is 0. The molecule has 0 aromatic carbocycles. The van der Waals surface area contributed by atoms with Gasteiger partial charge in [0.25, 0.3) is 0 Å². The Labute approximate surface area is 73.9 Å². The molecule has 1 spiro atoms. The van der Waals surface area contributed by atoms with Crippen molar-refractivity contribution in [2.45, 2.75) is 31.7 Å². The first-order valence-corrected chi connectivity index (χ1v) is 4.14. The molecule has 2 N–H and O–H groups in total. The van der Waals surface area contributed by atoms with Gasteiger partial charge in [-0.25, -0.2) is 0 Å². The molecule has 3 heteroatoms. The lowest BCUT2D eigenvalue weighted by Gasteiger charge is -2.48. The van der Waals surface area contributed by atoms with E-state index in [9.17, 15) is 0 Å². The standard InChI is InChI=1S/C8H15NO.ClH/c9-7-5-8(6-7)1-3-10-4-2-8;/h7H,1-6,9H2;1H. The van der Waals surface area contributed by atoms with Crippen LogP contribution in [0.5, 0.6) is 0 Å². The molecule has 0 amide bonds. The lowest BCUT2D eigenvalue weighted by Crippen LogP contribution is -2.48. The van der Waals surface area contributed by atoms with E-state index in [-0.39, 0.29) is 12.4 Å². The van der Waals surface area contributed by atoms with E-state index >= 15 is 0 Å². The van der Waals surface area contributed by atoms with Crippen molar-refractivity contribution in [2.75, 3.05) is 13.2 Å². The average molecular weight is 178 g/mol. The summed E-state index contributed by atoms with van der Waals surface area (Å²) in [6.07, 6.45) is 4.99. The first kappa shape index (κ1) is 9.30. The second-order valence-corrected chi connectivity index (χ2v) is 3.78. The predicted octanol–water partition coefficient (Wildman–Crippen LogP) is 1.33. The maximum atomic E-state index is 5.74. The van der Waals surface area contributed by atoms with E-state index in [2.05, 4.69) is 0 Å². The highest BCUT2D eigenvalue weighted by atomic mass is 35.5. The van der Waals surface area contributed by atoms with E-state index in [0.717, 1.165) is 13.2 Å². The van der Waals surface area contributed by atoms with Gasteiger partial charge in [0.15, 0.2) is 0 Å². The van der Waals surface area contributed by atoms with Crippen LogP contribution in [0.15, 0.2) is 0 Å². The highest BCUT2D eigenvalue weighted by Gasteiger charge is 2.42. The van der Waals surface area contributed by atoms with E-state index < -0.39 is 0 Å². The third-order valence-electron chi connectivity index (χ3n) is 2.94. The molecule has 0 unspecified atom stereocenters. The Morgan fingerprint density at radius 1 is 1.18 bits per heavy atom. The highest BCUT2D eigenvalue weighted by molar-refractivity contribution is 5.85. The van der Waals surface area contributed by atoms with Crippen LogP contribution in [0.3, 0.4) is 0 Å². The second kappa shape index (κ2) is 3.30. The van der Waals surface area contributed by atoms with E-state index in [0.29, 0.717) is 11.5 Å². The van der Waals surface area contributed by atoms with Crippen molar-refractivity contribution in [1.82, 2.24) is 0 Å². The smallest absolute Gasteiger partial charge is 0.0471 e. The summed E-state index contributed by atoms with van der Waals surface area (Å²) in [6, 6.07) is 0.498. The normalized spacial score (nSPS) is 29.2. The van der Waals surface area contributed by atoms with Crippen molar-refractivity contribution in [3.63, 3.8) is 0 Å². The molecule has 0 radical (unpaired) electrons. The molecule has 1 heterocycles. The number of halogens is 1. The lowest BCUT2D eigenvalue weighted by atomic mass is 9.61. The van der Waals surface area contributed by atoms with E-state index in [1.165, 1.54) is 25.7 Å². The molecule has 1 saturated heterocycles. The summed E-state index contributed by atoms with van der Waals surface area (Å²) >= 11 is 0.